The molecule has 15 heteroatoms. The highest BCUT2D eigenvalue weighted by Crippen LogP contribution is 2.36. The quantitative estimate of drug-likeness (QED) is 0.190. The lowest BCUT2D eigenvalue weighted by atomic mass is 10.2. The van der Waals surface area contributed by atoms with Gasteiger partial charge in [-0.25, -0.2) is 0 Å². The van der Waals surface area contributed by atoms with Crippen molar-refractivity contribution in [2.75, 3.05) is 17.2 Å². The van der Waals surface area contributed by atoms with Crippen molar-refractivity contribution in [1.29, 1.82) is 0 Å². The zero-order chi connectivity index (χ0) is 24.6. The number of anilines is 3. The zero-order valence-electron chi connectivity index (χ0n) is 17.2. The third-order valence-corrected chi connectivity index (χ3v) is 4.08. The molecule has 9 nitrogen and oxygen atoms in total. The molecule has 0 atom stereocenters. The lowest BCUT2D eigenvalue weighted by Crippen LogP contribution is -2.47. The average molecular weight is 482 g/mol. The first-order chi connectivity index (χ1) is 15.4. The molecule has 2 rings (SSSR count). The number of hydrogen-bond acceptors (Lipinski definition) is 8. The second kappa shape index (κ2) is 11.0. The van der Waals surface area contributed by atoms with E-state index in [1.165, 1.54) is 12.1 Å². The number of rotatable bonds is 11. The van der Waals surface area contributed by atoms with Crippen LogP contribution in [0.1, 0.15) is 32.6 Å². The van der Waals surface area contributed by atoms with Gasteiger partial charge in [0.2, 0.25) is 11.9 Å². The molecule has 0 aliphatic carbocycles. The molecule has 0 bridgehead atoms. The number of nitrogens with zero attached hydrogens (tertiary/aromatic N) is 4. The van der Waals surface area contributed by atoms with Gasteiger partial charge in [-0.15, -0.1) is 0 Å². The van der Waals surface area contributed by atoms with Crippen LogP contribution >= 0.6 is 0 Å². The molecular formula is C18H20F6N6O3. The van der Waals surface area contributed by atoms with E-state index in [9.17, 15) is 36.5 Å². The van der Waals surface area contributed by atoms with Crippen LogP contribution in [0.3, 0.4) is 0 Å². The number of hydrogen-bond donors (Lipinski definition) is 2. The molecule has 0 amide bonds. The van der Waals surface area contributed by atoms with Gasteiger partial charge in [-0.3, -0.25) is 10.1 Å². The number of nitro groups is 1. The predicted molar refractivity (Wildman–Crippen MR) is 105 cm³/mol. The van der Waals surface area contributed by atoms with Crippen molar-refractivity contribution in [2.24, 2.45) is 0 Å². The Hall–Kier alpha value is -3.39. The van der Waals surface area contributed by atoms with E-state index in [2.05, 4.69) is 30.3 Å². The molecule has 2 aromatic rings. The molecule has 0 saturated carbocycles. The lowest BCUT2D eigenvalue weighted by Gasteiger charge is -2.23. The minimum atomic E-state index is -5.76. The standard InChI is InChI=1S/C18H20F6N6O3/c1-2-3-4-5-10-25-14-27-15(26-11-6-8-12(9-7-11)30(31)32)29-16(28-14)33-13(17(19,20)21)18(22,23)24/h6-9,13H,2-5,10H2,1H3,(H2,25,26,27,28,29). The molecule has 0 fully saturated rings. The van der Waals surface area contributed by atoms with E-state index in [1.54, 1.807) is 0 Å². The van der Waals surface area contributed by atoms with Crippen LogP contribution in [-0.2, 0) is 0 Å². The summed E-state index contributed by atoms with van der Waals surface area (Å²) < 4.78 is 81.3. The van der Waals surface area contributed by atoms with Crippen LogP contribution in [0.4, 0.5) is 49.6 Å². The monoisotopic (exact) mass is 482 g/mol. The van der Waals surface area contributed by atoms with E-state index < -0.39 is 35.3 Å². The van der Waals surface area contributed by atoms with Gasteiger partial charge in [-0.05, 0) is 18.6 Å². The van der Waals surface area contributed by atoms with Crippen LogP contribution in [0, 0.1) is 10.1 Å². The Morgan fingerprint density at radius 3 is 2.12 bits per heavy atom. The van der Waals surface area contributed by atoms with E-state index in [0.717, 1.165) is 31.4 Å². The molecule has 1 heterocycles. The second-order valence-electron chi connectivity index (χ2n) is 6.76. The van der Waals surface area contributed by atoms with Crippen molar-refractivity contribution in [1.82, 2.24) is 15.0 Å². The van der Waals surface area contributed by atoms with Gasteiger partial charge in [0.25, 0.3) is 11.8 Å². The number of halogens is 6. The first-order valence-corrected chi connectivity index (χ1v) is 9.71. The van der Waals surface area contributed by atoms with Crippen LogP contribution < -0.4 is 15.4 Å². The number of non-ortho nitro benzene ring substituents is 1. The number of unbranched alkanes of at least 4 members (excludes halogenated alkanes) is 3. The molecule has 0 radical (unpaired) electrons. The molecular weight excluding hydrogens is 462 g/mol. The van der Waals surface area contributed by atoms with Gasteiger partial charge in [-0.2, -0.15) is 41.3 Å². The molecule has 0 aliphatic heterocycles. The Bertz CT molecular complexity index is 909. The molecule has 0 spiro atoms. The summed E-state index contributed by atoms with van der Waals surface area (Å²) in [6.07, 6.45) is -12.3. The summed E-state index contributed by atoms with van der Waals surface area (Å²) in [5.74, 6) is -0.725. The molecule has 33 heavy (non-hydrogen) atoms. The van der Waals surface area contributed by atoms with Crippen molar-refractivity contribution in [3.05, 3.63) is 34.4 Å². The van der Waals surface area contributed by atoms with Crippen LogP contribution in [0.15, 0.2) is 24.3 Å². The predicted octanol–water partition coefficient (Wildman–Crippen LogP) is 5.39. The third-order valence-electron chi connectivity index (χ3n) is 4.08. The number of benzene rings is 1. The minimum Gasteiger partial charge on any atom is -0.440 e. The van der Waals surface area contributed by atoms with Gasteiger partial charge in [0.05, 0.1) is 4.92 Å². The summed E-state index contributed by atoms with van der Waals surface area (Å²) in [5.41, 5.74) is -0.0392. The molecule has 0 unspecified atom stereocenters. The van der Waals surface area contributed by atoms with Crippen LogP contribution in [-0.4, -0.2) is 44.9 Å². The molecule has 2 N–H and O–H groups in total. The van der Waals surface area contributed by atoms with Crippen molar-refractivity contribution in [3.63, 3.8) is 0 Å². The number of alkyl halides is 6. The fourth-order valence-electron chi connectivity index (χ4n) is 2.52. The lowest BCUT2D eigenvalue weighted by molar-refractivity contribution is -0.384. The molecule has 0 aliphatic rings. The number of nitrogens with one attached hydrogen (secondary N) is 2. The van der Waals surface area contributed by atoms with Crippen LogP contribution in [0.5, 0.6) is 6.01 Å². The molecule has 182 valence electrons. The van der Waals surface area contributed by atoms with Crippen molar-refractivity contribution >= 4 is 23.3 Å². The maximum Gasteiger partial charge on any atom is 0.434 e. The van der Waals surface area contributed by atoms with Crippen LogP contribution in [0.2, 0.25) is 0 Å². The van der Waals surface area contributed by atoms with Crippen molar-refractivity contribution in [3.8, 4) is 6.01 Å². The Morgan fingerprint density at radius 1 is 0.970 bits per heavy atom. The smallest absolute Gasteiger partial charge is 0.434 e. The second-order valence-corrected chi connectivity index (χ2v) is 6.76. The molecule has 0 saturated heterocycles. The highest BCUT2D eigenvalue weighted by Gasteiger charge is 2.59. The van der Waals surface area contributed by atoms with E-state index in [-0.39, 0.29) is 17.3 Å². The highest BCUT2D eigenvalue weighted by atomic mass is 19.4. The number of aromatic nitrogens is 3. The SMILES string of the molecule is CCCCCCNc1nc(Nc2ccc([N+](=O)[O-])cc2)nc(OC(C(F)(F)F)C(F)(F)F)n1. The summed E-state index contributed by atoms with van der Waals surface area (Å²) in [6, 6.07) is 3.59. The van der Waals surface area contributed by atoms with Gasteiger partial charge in [-0.1, -0.05) is 26.2 Å². The Kier molecular flexibility index (Phi) is 8.59. The summed E-state index contributed by atoms with van der Waals surface area (Å²) in [6.45, 7) is 2.30. The van der Waals surface area contributed by atoms with Gasteiger partial charge in [0, 0.05) is 24.4 Å². The summed E-state index contributed by atoms with van der Waals surface area (Å²) >= 11 is 0. The minimum absolute atomic E-state index is 0.190. The van der Waals surface area contributed by atoms with E-state index in [1.807, 2.05) is 6.92 Å². The van der Waals surface area contributed by atoms with Gasteiger partial charge in [0.1, 0.15) is 0 Å². The average Bonchev–Trinajstić information content (AvgIpc) is 2.70. The maximum absolute atomic E-state index is 12.9. The molecule has 1 aromatic heterocycles. The Balaban J connectivity index is 2.29. The Labute approximate surface area is 183 Å². The summed E-state index contributed by atoms with van der Waals surface area (Å²) in [5, 5.41) is 16.0. The van der Waals surface area contributed by atoms with E-state index >= 15 is 0 Å². The van der Waals surface area contributed by atoms with Crippen molar-refractivity contribution in [2.45, 2.75) is 51.1 Å². The van der Waals surface area contributed by atoms with Crippen molar-refractivity contribution < 1.29 is 36.0 Å². The van der Waals surface area contributed by atoms with Gasteiger partial charge < -0.3 is 15.4 Å². The Morgan fingerprint density at radius 2 is 1.58 bits per heavy atom. The topological polar surface area (TPSA) is 115 Å². The number of nitro benzene ring substituents is 1. The largest absolute Gasteiger partial charge is 0.440 e. The van der Waals surface area contributed by atoms with Crippen LogP contribution in [0.25, 0.3) is 0 Å². The van der Waals surface area contributed by atoms with Gasteiger partial charge in [0.15, 0.2) is 0 Å². The molecule has 1 aromatic carbocycles. The van der Waals surface area contributed by atoms with Gasteiger partial charge >= 0.3 is 18.4 Å². The fraction of sp³-hybridized carbons (Fsp3) is 0.500. The highest BCUT2D eigenvalue weighted by molar-refractivity contribution is 5.56. The first-order valence-electron chi connectivity index (χ1n) is 9.71. The normalized spacial score (nSPS) is 12.0. The fourth-order valence-corrected chi connectivity index (χ4v) is 2.52. The summed E-state index contributed by atoms with van der Waals surface area (Å²) in [4.78, 5) is 21.0. The van der Waals surface area contributed by atoms with E-state index in [4.69, 9.17) is 0 Å². The third kappa shape index (κ3) is 8.23. The van der Waals surface area contributed by atoms with E-state index in [0.29, 0.717) is 13.0 Å². The zero-order valence-corrected chi connectivity index (χ0v) is 17.2. The summed E-state index contributed by atoms with van der Waals surface area (Å²) in [7, 11) is 0. The maximum atomic E-state index is 12.9. The number of ether oxygens (including phenoxy) is 1. The first kappa shape index (κ1) is 25.9.